The van der Waals surface area contributed by atoms with E-state index in [1.54, 1.807) is 11.9 Å². The Hall–Kier alpha value is -1.49. The third-order valence-corrected chi connectivity index (χ3v) is 8.66. The molecule has 1 N–H and O–H groups in total. The highest BCUT2D eigenvalue weighted by Gasteiger charge is 2.33. The zero-order valence-corrected chi connectivity index (χ0v) is 18.2. The Labute approximate surface area is 175 Å². The number of ether oxygens (including phenoxy) is 1. The summed E-state index contributed by atoms with van der Waals surface area (Å²) < 4.78 is 32.2. The smallest absolute Gasteiger partial charge is 0.350 e. The molecule has 1 saturated heterocycles. The molecule has 0 aromatic carbocycles. The van der Waals surface area contributed by atoms with Crippen molar-refractivity contribution in [3.05, 3.63) is 16.3 Å². The molecular formula is C19H28N2O6S2. The van der Waals surface area contributed by atoms with Crippen LogP contribution in [0.25, 0.3) is 0 Å². The Kier molecular flexibility index (Phi) is 7.31. The van der Waals surface area contributed by atoms with Crippen LogP contribution in [0, 0.1) is 0 Å². The van der Waals surface area contributed by atoms with Gasteiger partial charge in [0.25, 0.3) is 5.91 Å². The van der Waals surface area contributed by atoms with E-state index in [1.807, 2.05) is 0 Å². The first-order valence-corrected chi connectivity index (χ1v) is 12.3. The molecule has 0 unspecified atom stereocenters. The Bertz CT molecular complexity index is 824. The summed E-state index contributed by atoms with van der Waals surface area (Å²) in [5.41, 5.74) is 0. The number of hydrogen-bond acceptors (Lipinski definition) is 7. The molecule has 1 aromatic rings. The standard InChI is InChI=1S/C19H28N2O6S2/c1-20(14-5-3-2-4-6-14)17(23)13-27-19(24)18-16(9-12-28-18)29(25,26)21-10-7-15(22)8-11-21/h9,12,14-15,22H,2-8,10-11,13H2,1H3. The van der Waals surface area contributed by atoms with Crippen molar-refractivity contribution < 1.29 is 27.9 Å². The summed E-state index contributed by atoms with van der Waals surface area (Å²) in [5, 5.41) is 11.1. The molecule has 3 rings (SSSR count). The monoisotopic (exact) mass is 444 g/mol. The highest BCUT2D eigenvalue weighted by atomic mass is 32.2. The number of likely N-dealkylation sites (N-methyl/N-ethyl adjacent to an activating group) is 1. The molecule has 29 heavy (non-hydrogen) atoms. The number of carbonyl (C=O) groups is 2. The molecule has 0 radical (unpaired) electrons. The van der Waals surface area contributed by atoms with E-state index in [0.717, 1.165) is 37.0 Å². The Morgan fingerprint density at radius 1 is 1.21 bits per heavy atom. The summed E-state index contributed by atoms with van der Waals surface area (Å²) in [5.74, 6) is -1.09. The van der Waals surface area contributed by atoms with Gasteiger partial charge in [-0.2, -0.15) is 4.31 Å². The fourth-order valence-corrected chi connectivity index (χ4v) is 6.59. The number of sulfonamides is 1. The zero-order valence-electron chi connectivity index (χ0n) is 16.6. The zero-order chi connectivity index (χ0) is 21.0. The van der Waals surface area contributed by atoms with Crippen LogP contribution < -0.4 is 0 Å². The van der Waals surface area contributed by atoms with E-state index in [2.05, 4.69) is 0 Å². The van der Waals surface area contributed by atoms with Gasteiger partial charge in [0.1, 0.15) is 9.77 Å². The SMILES string of the molecule is CN(C(=O)COC(=O)c1sccc1S(=O)(=O)N1CCC(O)CC1)C1CCCCC1. The van der Waals surface area contributed by atoms with Crippen molar-refractivity contribution in [1.82, 2.24) is 9.21 Å². The lowest BCUT2D eigenvalue weighted by atomic mass is 9.94. The molecule has 0 spiro atoms. The molecule has 2 aliphatic rings. The van der Waals surface area contributed by atoms with Crippen LogP contribution in [0.2, 0.25) is 0 Å². The summed E-state index contributed by atoms with van der Waals surface area (Å²) in [4.78, 5) is 26.4. The minimum atomic E-state index is -3.85. The number of amides is 1. The van der Waals surface area contributed by atoms with Crippen molar-refractivity contribution in [1.29, 1.82) is 0 Å². The van der Waals surface area contributed by atoms with Gasteiger partial charge in [-0.3, -0.25) is 4.79 Å². The van der Waals surface area contributed by atoms with Crippen LogP contribution in [0.5, 0.6) is 0 Å². The fourth-order valence-electron chi connectivity index (χ4n) is 3.84. The third-order valence-electron chi connectivity index (χ3n) is 5.70. The number of aliphatic hydroxyl groups is 1. The predicted molar refractivity (Wildman–Crippen MR) is 108 cm³/mol. The first-order valence-electron chi connectivity index (χ1n) is 9.99. The number of rotatable bonds is 6. The van der Waals surface area contributed by atoms with Crippen LogP contribution in [-0.4, -0.2) is 73.5 Å². The molecule has 0 atom stereocenters. The number of esters is 1. The molecule has 0 bridgehead atoms. The van der Waals surface area contributed by atoms with Gasteiger partial charge in [0.05, 0.1) is 6.10 Å². The van der Waals surface area contributed by atoms with E-state index in [1.165, 1.54) is 22.2 Å². The summed E-state index contributed by atoms with van der Waals surface area (Å²) >= 11 is 0.983. The molecule has 10 heteroatoms. The summed E-state index contributed by atoms with van der Waals surface area (Å²) in [6.07, 6.45) is 5.50. The van der Waals surface area contributed by atoms with Crippen LogP contribution in [-0.2, 0) is 19.6 Å². The summed E-state index contributed by atoms with van der Waals surface area (Å²) in [7, 11) is -2.13. The van der Waals surface area contributed by atoms with Gasteiger partial charge in [-0.1, -0.05) is 19.3 Å². The quantitative estimate of drug-likeness (QED) is 0.672. The number of piperidine rings is 1. The van der Waals surface area contributed by atoms with E-state index in [4.69, 9.17) is 4.74 Å². The number of thiophene rings is 1. The van der Waals surface area contributed by atoms with Gasteiger partial charge < -0.3 is 14.7 Å². The molecule has 1 aliphatic carbocycles. The minimum Gasteiger partial charge on any atom is -0.451 e. The van der Waals surface area contributed by atoms with Gasteiger partial charge in [0, 0.05) is 26.2 Å². The van der Waals surface area contributed by atoms with E-state index < -0.39 is 28.7 Å². The maximum Gasteiger partial charge on any atom is 0.350 e. The number of carbonyl (C=O) groups excluding carboxylic acids is 2. The summed E-state index contributed by atoms with van der Waals surface area (Å²) in [6, 6.07) is 1.56. The Morgan fingerprint density at radius 2 is 1.86 bits per heavy atom. The molecular weight excluding hydrogens is 416 g/mol. The van der Waals surface area contributed by atoms with Gasteiger partial charge in [-0.25, -0.2) is 13.2 Å². The molecule has 1 aromatic heterocycles. The maximum atomic E-state index is 12.9. The molecule has 1 amide bonds. The van der Waals surface area contributed by atoms with Gasteiger partial charge in [0.15, 0.2) is 6.61 Å². The van der Waals surface area contributed by atoms with E-state index >= 15 is 0 Å². The van der Waals surface area contributed by atoms with Crippen molar-refractivity contribution in [2.45, 2.75) is 62.0 Å². The molecule has 1 saturated carbocycles. The van der Waals surface area contributed by atoms with Gasteiger partial charge in [-0.05, 0) is 37.1 Å². The molecule has 2 heterocycles. The highest BCUT2D eigenvalue weighted by Crippen LogP contribution is 2.28. The van der Waals surface area contributed by atoms with Crippen molar-refractivity contribution in [3.8, 4) is 0 Å². The first kappa shape index (κ1) is 22.2. The Balaban J connectivity index is 1.62. The van der Waals surface area contributed by atoms with Crippen LogP contribution in [0.4, 0.5) is 0 Å². The molecule has 8 nitrogen and oxygen atoms in total. The van der Waals surface area contributed by atoms with Gasteiger partial charge in [0.2, 0.25) is 10.0 Å². The maximum absolute atomic E-state index is 12.9. The van der Waals surface area contributed by atoms with Crippen molar-refractivity contribution in [2.24, 2.45) is 0 Å². The lowest BCUT2D eigenvalue weighted by Crippen LogP contribution is -2.41. The van der Waals surface area contributed by atoms with Gasteiger partial charge in [-0.15, -0.1) is 11.3 Å². The Morgan fingerprint density at radius 3 is 2.52 bits per heavy atom. The second-order valence-electron chi connectivity index (χ2n) is 7.62. The average Bonchev–Trinajstić information content (AvgIpc) is 3.23. The predicted octanol–water partition coefficient (Wildman–Crippen LogP) is 1.84. The van der Waals surface area contributed by atoms with Crippen LogP contribution in [0.1, 0.15) is 54.6 Å². The topological polar surface area (TPSA) is 104 Å². The molecule has 2 fully saturated rings. The largest absolute Gasteiger partial charge is 0.451 e. The van der Waals surface area contributed by atoms with Crippen LogP contribution in [0.15, 0.2) is 16.3 Å². The second-order valence-corrected chi connectivity index (χ2v) is 10.4. The second kappa shape index (κ2) is 9.55. The van der Waals surface area contributed by atoms with Crippen molar-refractivity contribution in [2.75, 3.05) is 26.7 Å². The van der Waals surface area contributed by atoms with E-state index in [9.17, 15) is 23.1 Å². The summed E-state index contributed by atoms with van der Waals surface area (Å²) in [6.45, 7) is 0.0101. The molecule has 162 valence electrons. The van der Waals surface area contributed by atoms with Crippen LogP contribution >= 0.6 is 11.3 Å². The van der Waals surface area contributed by atoms with Crippen LogP contribution in [0.3, 0.4) is 0 Å². The number of nitrogens with zero attached hydrogens (tertiary/aromatic N) is 2. The van der Waals surface area contributed by atoms with E-state index in [-0.39, 0.29) is 34.8 Å². The highest BCUT2D eigenvalue weighted by molar-refractivity contribution is 7.89. The van der Waals surface area contributed by atoms with Gasteiger partial charge >= 0.3 is 5.97 Å². The minimum absolute atomic E-state index is 0.0239. The van der Waals surface area contributed by atoms with E-state index in [0.29, 0.717) is 12.8 Å². The first-order chi connectivity index (χ1) is 13.8. The lowest BCUT2D eigenvalue weighted by Gasteiger charge is -2.31. The normalized spacial score (nSPS) is 19.8. The average molecular weight is 445 g/mol. The third kappa shape index (κ3) is 5.17. The molecule has 1 aliphatic heterocycles. The van der Waals surface area contributed by atoms with Crippen molar-refractivity contribution in [3.63, 3.8) is 0 Å². The number of hydrogen-bond donors (Lipinski definition) is 1. The number of aliphatic hydroxyl groups excluding tert-OH is 1. The lowest BCUT2D eigenvalue weighted by molar-refractivity contribution is -0.135. The van der Waals surface area contributed by atoms with Crippen molar-refractivity contribution >= 4 is 33.2 Å². The fraction of sp³-hybridized carbons (Fsp3) is 0.684.